The molecule has 0 atom stereocenters. The largest absolute Gasteiger partial charge is 0.350 e. The highest BCUT2D eigenvalue weighted by molar-refractivity contribution is 5.98. The third-order valence-corrected chi connectivity index (χ3v) is 3.60. The van der Waals surface area contributed by atoms with Gasteiger partial charge in [-0.25, -0.2) is 4.68 Å². The van der Waals surface area contributed by atoms with Crippen LogP contribution in [-0.4, -0.2) is 27.4 Å². The van der Waals surface area contributed by atoms with Crippen LogP contribution < -0.4 is 5.32 Å². The van der Waals surface area contributed by atoms with Gasteiger partial charge >= 0.3 is 0 Å². The summed E-state index contributed by atoms with van der Waals surface area (Å²) in [6, 6.07) is 19.4. The number of hydrogen-bond donors (Lipinski definition) is 1. The molecular formula is C19H20N4O. The standard InChI is InChI=1S/C19H20N4O/c1-14(2)13-20-19(24)17-18(15-9-5-3-6-10-15)23(22-21-17)16-11-7-4-8-12-16/h3-12,14H,13H2,1-2H3,(H,20,24). The van der Waals surface area contributed by atoms with Crippen LogP contribution in [0.1, 0.15) is 24.3 Å². The molecule has 0 saturated carbocycles. The number of aromatic nitrogens is 3. The fourth-order valence-corrected chi connectivity index (χ4v) is 2.42. The Kier molecular flexibility index (Phi) is 4.70. The summed E-state index contributed by atoms with van der Waals surface area (Å²) in [4.78, 5) is 12.6. The zero-order valence-corrected chi connectivity index (χ0v) is 13.8. The number of nitrogens with zero attached hydrogens (tertiary/aromatic N) is 3. The highest BCUT2D eigenvalue weighted by Crippen LogP contribution is 2.25. The van der Waals surface area contributed by atoms with E-state index in [2.05, 4.69) is 29.5 Å². The van der Waals surface area contributed by atoms with Gasteiger partial charge in [-0.15, -0.1) is 5.10 Å². The molecule has 1 N–H and O–H groups in total. The third kappa shape index (κ3) is 3.35. The molecule has 0 aliphatic rings. The molecule has 0 aliphatic heterocycles. The van der Waals surface area contributed by atoms with Crippen LogP contribution >= 0.6 is 0 Å². The van der Waals surface area contributed by atoms with E-state index < -0.39 is 0 Å². The molecule has 1 aromatic heterocycles. The smallest absolute Gasteiger partial charge is 0.274 e. The first-order valence-electron chi connectivity index (χ1n) is 8.01. The lowest BCUT2D eigenvalue weighted by molar-refractivity contribution is 0.0944. The Hall–Kier alpha value is -2.95. The molecule has 2 aromatic carbocycles. The van der Waals surface area contributed by atoms with Gasteiger partial charge in [-0.1, -0.05) is 67.6 Å². The maximum Gasteiger partial charge on any atom is 0.274 e. The van der Waals surface area contributed by atoms with Crippen molar-refractivity contribution in [3.63, 3.8) is 0 Å². The van der Waals surface area contributed by atoms with E-state index in [1.165, 1.54) is 0 Å². The SMILES string of the molecule is CC(C)CNC(=O)c1nnn(-c2ccccc2)c1-c1ccccc1. The van der Waals surface area contributed by atoms with Gasteiger partial charge in [0.05, 0.1) is 5.69 Å². The van der Waals surface area contributed by atoms with E-state index >= 15 is 0 Å². The van der Waals surface area contributed by atoms with Crippen LogP contribution in [0.25, 0.3) is 16.9 Å². The van der Waals surface area contributed by atoms with Crippen molar-refractivity contribution in [3.05, 3.63) is 66.4 Å². The van der Waals surface area contributed by atoms with Crippen molar-refractivity contribution in [1.29, 1.82) is 0 Å². The molecule has 0 aliphatic carbocycles. The number of hydrogen-bond acceptors (Lipinski definition) is 3. The van der Waals surface area contributed by atoms with Crippen LogP contribution in [0.4, 0.5) is 0 Å². The van der Waals surface area contributed by atoms with E-state index in [-0.39, 0.29) is 5.91 Å². The Morgan fingerprint density at radius 2 is 1.67 bits per heavy atom. The fraction of sp³-hybridized carbons (Fsp3) is 0.211. The molecule has 0 saturated heterocycles. The van der Waals surface area contributed by atoms with E-state index in [1.807, 2.05) is 60.7 Å². The number of nitrogens with one attached hydrogen (secondary N) is 1. The van der Waals surface area contributed by atoms with Crippen LogP contribution in [0.3, 0.4) is 0 Å². The highest BCUT2D eigenvalue weighted by Gasteiger charge is 2.21. The molecule has 5 nitrogen and oxygen atoms in total. The Morgan fingerprint density at radius 1 is 1.04 bits per heavy atom. The summed E-state index contributed by atoms with van der Waals surface area (Å²) in [5.74, 6) is 0.169. The van der Waals surface area contributed by atoms with Crippen molar-refractivity contribution in [1.82, 2.24) is 20.3 Å². The molecule has 0 spiro atoms. The lowest BCUT2D eigenvalue weighted by Gasteiger charge is -2.09. The zero-order valence-electron chi connectivity index (χ0n) is 13.8. The van der Waals surface area contributed by atoms with Crippen molar-refractivity contribution in [2.24, 2.45) is 5.92 Å². The molecule has 5 heteroatoms. The Labute approximate surface area is 141 Å². The molecule has 24 heavy (non-hydrogen) atoms. The van der Waals surface area contributed by atoms with Crippen molar-refractivity contribution >= 4 is 5.91 Å². The van der Waals surface area contributed by atoms with Gasteiger partial charge in [0.15, 0.2) is 5.69 Å². The van der Waals surface area contributed by atoms with Crippen LogP contribution in [0.5, 0.6) is 0 Å². The molecule has 122 valence electrons. The second-order valence-corrected chi connectivity index (χ2v) is 6.00. The number of carbonyl (C=O) groups is 1. The Bertz CT molecular complexity index is 810. The van der Waals surface area contributed by atoms with Crippen molar-refractivity contribution in [2.75, 3.05) is 6.54 Å². The molecule has 3 rings (SSSR count). The minimum Gasteiger partial charge on any atom is -0.350 e. The number of amides is 1. The minimum absolute atomic E-state index is 0.204. The van der Waals surface area contributed by atoms with Gasteiger partial charge in [-0.2, -0.15) is 0 Å². The van der Waals surface area contributed by atoms with Gasteiger partial charge in [0.2, 0.25) is 0 Å². The van der Waals surface area contributed by atoms with Gasteiger partial charge in [0.1, 0.15) is 5.69 Å². The summed E-state index contributed by atoms with van der Waals surface area (Å²) in [5, 5.41) is 11.3. The third-order valence-electron chi connectivity index (χ3n) is 3.60. The molecular weight excluding hydrogens is 300 g/mol. The van der Waals surface area contributed by atoms with E-state index in [9.17, 15) is 4.79 Å². The number of benzene rings is 2. The van der Waals surface area contributed by atoms with E-state index in [4.69, 9.17) is 0 Å². The van der Waals surface area contributed by atoms with Crippen molar-refractivity contribution in [2.45, 2.75) is 13.8 Å². The second-order valence-electron chi connectivity index (χ2n) is 6.00. The number of para-hydroxylation sites is 1. The van der Waals surface area contributed by atoms with Crippen LogP contribution in [0.2, 0.25) is 0 Å². The monoisotopic (exact) mass is 320 g/mol. The maximum atomic E-state index is 12.6. The molecule has 0 unspecified atom stereocenters. The Morgan fingerprint density at radius 3 is 2.29 bits per heavy atom. The molecule has 0 fully saturated rings. The first-order valence-corrected chi connectivity index (χ1v) is 8.01. The molecule has 1 heterocycles. The summed E-state index contributed by atoms with van der Waals surface area (Å²) >= 11 is 0. The maximum absolute atomic E-state index is 12.6. The number of rotatable bonds is 5. The predicted octanol–water partition coefficient (Wildman–Crippen LogP) is 3.32. The second kappa shape index (κ2) is 7.08. The minimum atomic E-state index is -0.204. The van der Waals surface area contributed by atoms with E-state index in [0.717, 1.165) is 11.3 Å². The zero-order chi connectivity index (χ0) is 16.9. The number of carbonyl (C=O) groups excluding carboxylic acids is 1. The first kappa shape index (κ1) is 15.9. The normalized spacial score (nSPS) is 10.8. The first-order chi connectivity index (χ1) is 11.7. The average molecular weight is 320 g/mol. The lowest BCUT2D eigenvalue weighted by Crippen LogP contribution is -2.28. The topological polar surface area (TPSA) is 59.8 Å². The lowest BCUT2D eigenvalue weighted by atomic mass is 10.1. The summed E-state index contributed by atoms with van der Waals surface area (Å²) in [6.07, 6.45) is 0. The van der Waals surface area contributed by atoms with Crippen molar-refractivity contribution in [3.8, 4) is 16.9 Å². The summed E-state index contributed by atoms with van der Waals surface area (Å²) in [7, 11) is 0. The highest BCUT2D eigenvalue weighted by atomic mass is 16.2. The summed E-state index contributed by atoms with van der Waals surface area (Å²) in [6.45, 7) is 4.71. The van der Waals surface area contributed by atoms with Crippen LogP contribution in [0.15, 0.2) is 60.7 Å². The van der Waals surface area contributed by atoms with E-state index in [0.29, 0.717) is 23.9 Å². The molecule has 0 bridgehead atoms. The van der Waals surface area contributed by atoms with Gasteiger partial charge < -0.3 is 5.32 Å². The molecule has 3 aromatic rings. The van der Waals surface area contributed by atoms with Gasteiger partial charge in [0.25, 0.3) is 5.91 Å². The van der Waals surface area contributed by atoms with Gasteiger partial charge in [0, 0.05) is 12.1 Å². The summed E-state index contributed by atoms with van der Waals surface area (Å²) < 4.78 is 1.71. The summed E-state index contributed by atoms with van der Waals surface area (Å²) in [5.41, 5.74) is 2.81. The van der Waals surface area contributed by atoms with E-state index in [1.54, 1.807) is 4.68 Å². The predicted molar refractivity (Wildman–Crippen MR) is 94.0 cm³/mol. The van der Waals surface area contributed by atoms with Crippen molar-refractivity contribution < 1.29 is 4.79 Å². The van der Waals surface area contributed by atoms with Gasteiger partial charge in [-0.05, 0) is 18.1 Å². The van der Waals surface area contributed by atoms with Crippen LogP contribution in [-0.2, 0) is 0 Å². The Balaban J connectivity index is 2.07. The van der Waals surface area contributed by atoms with Crippen LogP contribution in [0, 0.1) is 5.92 Å². The fourth-order valence-electron chi connectivity index (χ4n) is 2.42. The average Bonchev–Trinajstić information content (AvgIpc) is 3.06. The molecule has 0 radical (unpaired) electrons. The molecule has 1 amide bonds. The van der Waals surface area contributed by atoms with Gasteiger partial charge in [-0.3, -0.25) is 4.79 Å². The quantitative estimate of drug-likeness (QED) is 0.784.